The van der Waals surface area contributed by atoms with Gasteiger partial charge in [-0.25, -0.2) is 4.98 Å². The van der Waals surface area contributed by atoms with Crippen molar-refractivity contribution in [3.63, 3.8) is 0 Å². The lowest BCUT2D eigenvalue weighted by Gasteiger charge is -2.23. The molecule has 0 unspecified atom stereocenters. The van der Waals surface area contributed by atoms with Crippen LogP contribution in [0.4, 0.5) is 5.82 Å². The lowest BCUT2D eigenvalue weighted by atomic mass is 9.81. The highest BCUT2D eigenvalue weighted by molar-refractivity contribution is 6.30. The fraction of sp³-hybridized carbons (Fsp3) is 0.438. The summed E-state index contributed by atoms with van der Waals surface area (Å²) >= 11 is 6.00. The van der Waals surface area contributed by atoms with Crippen molar-refractivity contribution in [3.8, 4) is 6.07 Å². The number of aromatic nitrogens is 2. The third kappa shape index (κ3) is 1.93. The van der Waals surface area contributed by atoms with Crippen LogP contribution in [0.1, 0.15) is 25.0 Å². The summed E-state index contributed by atoms with van der Waals surface area (Å²) in [4.78, 5) is 18.3. The van der Waals surface area contributed by atoms with E-state index in [2.05, 4.69) is 11.1 Å². The third-order valence-corrected chi connectivity index (χ3v) is 5.51. The average Bonchev–Trinajstić information content (AvgIpc) is 3.15. The van der Waals surface area contributed by atoms with E-state index in [0.717, 1.165) is 12.8 Å². The van der Waals surface area contributed by atoms with Crippen LogP contribution in [-0.4, -0.2) is 33.6 Å². The fourth-order valence-corrected chi connectivity index (χ4v) is 4.29. The van der Waals surface area contributed by atoms with Gasteiger partial charge in [0.05, 0.1) is 5.41 Å². The maximum absolute atomic E-state index is 11.8. The molecule has 0 amide bonds. The lowest BCUT2D eigenvalue weighted by molar-refractivity contribution is -0.149. The zero-order chi connectivity index (χ0) is 16.2. The van der Waals surface area contributed by atoms with Crippen molar-refractivity contribution in [2.24, 2.45) is 11.3 Å². The number of nitrogens with zero attached hydrogens (tertiary/aromatic N) is 4. The number of anilines is 1. The van der Waals surface area contributed by atoms with Crippen molar-refractivity contribution in [2.45, 2.75) is 19.3 Å². The Hall–Kier alpha value is -2.26. The Bertz CT molecular complexity index is 856. The zero-order valence-corrected chi connectivity index (χ0v) is 13.1. The summed E-state index contributed by atoms with van der Waals surface area (Å²) in [5, 5.41) is 19.8. The van der Waals surface area contributed by atoms with Gasteiger partial charge >= 0.3 is 5.97 Å². The smallest absolute Gasteiger partial charge is 0.311 e. The number of aliphatic carboxylic acids is 1. The van der Waals surface area contributed by atoms with Crippen molar-refractivity contribution in [2.75, 3.05) is 18.0 Å². The van der Waals surface area contributed by atoms with Gasteiger partial charge in [0.25, 0.3) is 0 Å². The Morgan fingerprint density at radius 2 is 2.39 bits per heavy atom. The number of nitriles is 1. The van der Waals surface area contributed by atoms with Gasteiger partial charge in [0.15, 0.2) is 11.5 Å². The van der Waals surface area contributed by atoms with Crippen molar-refractivity contribution >= 4 is 29.0 Å². The molecule has 2 fully saturated rings. The summed E-state index contributed by atoms with van der Waals surface area (Å²) in [7, 11) is 0. The number of rotatable bonds is 2. The van der Waals surface area contributed by atoms with E-state index in [1.54, 1.807) is 22.7 Å². The number of pyridine rings is 1. The van der Waals surface area contributed by atoms with Crippen molar-refractivity contribution in [3.05, 3.63) is 29.0 Å². The maximum Gasteiger partial charge on any atom is 0.311 e. The number of fused-ring (bicyclic) bond motifs is 2. The molecule has 2 aliphatic rings. The van der Waals surface area contributed by atoms with Gasteiger partial charge in [-0.3, -0.25) is 9.20 Å². The molecule has 2 aromatic heterocycles. The second kappa shape index (κ2) is 4.87. The van der Waals surface area contributed by atoms with Crippen LogP contribution < -0.4 is 4.90 Å². The van der Waals surface area contributed by atoms with Crippen LogP contribution in [0.15, 0.2) is 18.3 Å². The Morgan fingerprint density at radius 3 is 3.09 bits per heavy atom. The van der Waals surface area contributed by atoms with E-state index in [9.17, 15) is 15.2 Å². The van der Waals surface area contributed by atoms with Crippen molar-refractivity contribution in [1.82, 2.24) is 9.38 Å². The number of carboxylic acid groups (broad SMARTS) is 1. The summed E-state index contributed by atoms with van der Waals surface area (Å²) in [6.07, 6.45) is 4.29. The molecule has 7 heteroatoms. The number of carboxylic acids is 1. The van der Waals surface area contributed by atoms with Crippen LogP contribution in [-0.2, 0) is 4.79 Å². The number of hydrogen-bond acceptors (Lipinski definition) is 4. The second-order valence-corrected chi connectivity index (χ2v) is 6.84. The van der Waals surface area contributed by atoms with Crippen LogP contribution in [0.5, 0.6) is 0 Å². The van der Waals surface area contributed by atoms with Gasteiger partial charge in [0, 0.05) is 30.4 Å². The minimum Gasteiger partial charge on any atom is -0.481 e. The molecule has 23 heavy (non-hydrogen) atoms. The molecule has 0 aromatic carbocycles. The third-order valence-electron chi connectivity index (χ3n) is 5.27. The van der Waals surface area contributed by atoms with Gasteiger partial charge < -0.3 is 10.0 Å². The quantitative estimate of drug-likeness (QED) is 0.915. The minimum absolute atomic E-state index is 0.125. The SMILES string of the molecule is N#Cc1c(N2C[C@@H]3CCC[C@@]3(C(=O)O)C2)nc2cc(Cl)ccn12. The molecule has 2 aromatic rings. The largest absolute Gasteiger partial charge is 0.481 e. The number of carbonyl (C=O) groups is 1. The minimum atomic E-state index is -0.729. The van der Waals surface area contributed by atoms with E-state index in [1.807, 2.05) is 4.90 Å². The summed E-state index contributed by atoms with van der Waals surface area (Å²) in [6.45, 7) is 1.05. The molecule has 1 saturated carbocycles. The summed E-state index contributed by atoms with van der Waals surface area (Å²) < 4.78 is 1.70. The van der Waals surface area contributed by atoms with Gasteiger partial charge in [0.1, 0.15) is 11.7 Å². The topological polar surface area (TPSA) is 81.6 Å². The molecule has 2 atom stereocenters. The molecule has 0 radical (unpaired) electrons. The van der Waals surface area contributed by atoms with Crippen molar-refractivity contribution < 1.29 is 9.90 Å². The molecule has 1 aliphatic carbocycles. The summed E-state index contributed by atoms with van der Waals surface area (Å²) in [5.41, 5.74) is 0.336. The number of hydrogen-bond donors (Lipinski definition) is 1. The van der Waals surface area contributed by atoms with Gasteiger partial charge in [-0.2, -0.15) is 5.26 Å². The molecule has 3 heterocycles. The summed E-state index contributed by atoms with van der Waals surface area (Å²) in [5.74, 6) is -0.0439. The first-order chi connectivity index (χ1) is 11.0. The van der Waals surface area contributed by atoms with E-state index < -0.39 is 11.4 Å². The molecule has 1 aliphatic heterocycles. The van der Waals surface area contributed by atoms with Crippen LogP contribution in [0, 0.1) is 22.7 Å². The van der Waals surface area contributed by atoms with E-state index in [1.165, 1.54) is 0 Å². The first kappa shape index (κ1) is 14.3. The summed E-state index contributed by atoms with van der Waals surface area (Å²) in [6, 6.07) is 5.60. The standard InChI is InChI=1S/C16H15ClN4O2/c17-11-3-5-21-12(7-18)14(19-13(21)6-11)20-8-10-2-1-4-16(10,9-20)15(22)23/h3,5-6,10H,1-2,4,8-9H2,(H,22,23)/t10-,16+/m0/s1. The van der Waals surface area contributed by atoms with Crippen molar-refractivity contribution in [1.29, 1.82) is 5.26 Å². The maximum atomic E-state index is 11.8. The number of imidazole rings is 1. The Kier molecular flexibility index (Phi) is 3.03. The Morgan fingerprint density at radius 1 is 1.57 bits per heavy atom. The zero-order valence-electron chi connectivity index (χ0n) is 12.4. The Labute approximate surface area is 137 Å². The van der Waals surface area contributed by atoms with E-state index in [4.69, 9.17) is 11.6 Å². The van der Waals surface area contributed by atoms with Crippen LogP contribution >= 0.6 is 11.6 Å². The van der Waals surface area contributed by atoms with Gasteiger partial charge in [0.2, 0.25) is 0 Å². The predicted molar refractivity (Wildman–Crippen MR) is 84.5 cm³/mol. The fourth-order valence-electron chi connectivity index (χ4n) is 4.13. The molecular weight excluding hydrogens is 316 g/mol. The molecule has 0 bridgehead atoms. The van der Waals surface area contributed by atoms with E-state index >= 15 is 0 Å². The highest BCUT2D eigenvalue weighted by Crippen LogP contribution is 2.50. The van der Waals surface area contributed by atoms with Crippen LogP contribution in [0.25, 0.3) is 5.65 Å². The normalized spacial score (nSPS) is 26.4. The molecule has 1 saturated heterocycles. The molecular formula is C16H15ClN4O2. The van der Waals surface area contributed by atoms with E-state index in [-0.39, 0.29) is 5.92 Å². The average molecular weight is 331 g/mol. The van der Waals surface area contributed by atoms with Crippen LogP contribution in [0.3, 0.4) is 0 Å². The highest BCUT2D eigenvalue weighted by atomic mass is 35.5. The first-order valence-electron chi connectivity index (χ1n) is 7.61. The molecule has 1 N–H and O–H groups in total. The van der Waals surface area contributed by atoms with Crippen LogP contribution in [0.2, 0.25) is 5.02 Å². The number of halogens is 1. The lowest BCUT2D eigenvalue weighted by Crippen LogP contribution is -2.35. The molecule has 6 nitrogen and oxygen atoms in total. The first-order valence-corrected chi connectivity index (χ1v) is 7.99. The highest BCUT2D eigenvalue weighted by Gasteiger charge is 2.55. The van der Waals surface area contributed by atoms with E-state index in [0.29, 0.717) is 41.7 Å². The van der Waals surface area contributed by atoms with Gasteiger partial charge in [-0.1, -0.05) is 18.0 Å². The van der Waals surface area contributed by atoms with Gasteiger partial charge in [-0.05, 0) is 24.8 Å². The molecule has 4 rings (SSSR count). The molecule has 0 spiro atoms. The second-order valence-electron chi connectivity index (χ2n) is 6.40. The molecule has 118 valence electrons. The Balaban J connectivity index is 1.79. The predicted octanol–water partition coefficient (Wildman–Crippen LogP) is 2.55. The monoisotopic (exact) mass is 330 g/mol. The van der Waals surface area contributed by atoms with Gasteiger partial charge in [-0.15, -0.1) is 0 Å².